The lowest BCUT2D eigenvalue weighted by Gasteiger charge is -2.04. The molecule has 4 nitrogen and oxygen atoms in total. The average molecular weight is 316 g/mol. The van der Waals surface area contributed by atoms with Crippen molar-refractivity contribution in [3.05, 3.63) is 63.9 Å². The third-order valence-corrected chi connectivity index (χ3v) is 3.85. The number of aromatic nitrogens is 1. The summed E-state index contributed by atoms with van der Waals surface area (Å²) in [5, 5.41) is 5.51. The molecule has 3 rings (SSSR count). The van der Waals surface area contributed by atoms with Gasteiger partial charge in [0.1, 0.15) is 17.3 Å². The molecule has 1 amide bonds. The topological polar surface area (TPSA) is 55.1 Å². The van der Waals surface area contributed by atoms with Gasteiger partial charge < -0.3 is 9.73 Å². The lowest BCUT2D eigenvalue weighted by atomic mass is 10.2. The Morgan fingerprint density at radius 1 is 1.32 bits per heavy atom. The fourth-order valence-electron chi connectivity index (χ4n) is 2.00. The van der Waals surface area contributed by atoms with E-state index in [1.807, 2.05) is 12.3 Å². The number of amides is 1. The number of aryl methyl sites for hydroxylation is 1. The minimum atomic E-state index is -0.543. The van der Waals surface area contributed by atoms with Crippen LogP contribution in [0.5, 0.6) is 0 Å². The third-order valence-electron chi connectivity index (χ3n) is 3.07. The van der Waals surface area contributed by atoms with Crippen molar-refractivity contribution in [2.24, 2.45) is 0 Å². The quantitative estimate of drug-likeness (QED) is 0.797. The molecule has 0 aliphatic heterocycles. The van der Waals surface area contributed by atoms with Gasteiger partial charge in [-0.2, -0.15) is 0 Å². The minimum absolute atomic E-state index is 0.0180. The van der Waals surface area contributed by atoms with Gasteiger partial charge in [0.15, 0.2) is 5.76 Å². The Bertz CT molecular complexity index is 810. The van der Waals surface area contributed by atoms with Crippen LogP contribution in [-0.2, 0) is 6.54 Å². The molecule has 0 spiro atoms. The number of nitrogens with zero attached hydrogens (tertiary/aromatic N) is 1. The van der Waals surface area contributed by atoms with Gasteiger partial charge in [-0.05, 0) is 31.2 Å². The van der Waals surface area contributed by atoms with Crippen LogP contribution in [0.4, 0.5) is 4.39 Å². The molecule has 1 aromatic carbocycles. The molecule has 22 heavy (non-hydrogen) atoms. The molecule has 1 N–H and O–H groups in total. The largest absolute Gasteiger partial charge is 0.458 e. The predicted octanol–water partition coefficient (Wildman–Crippen LogP) is 3.78. The van der Waals surface area contributed by atoms with Crippen LogP contribution in [-0.4, -0.2) is 10.9 Å². The number of benzene rings is 1. The number of thiazole rings is 1. The van der Waals surface area contributed by atoms with Gasteiger partial charge >= 0.3 is 0 Å². The summed E-state index contributed by atoms with van der Waals surface area (Å²) >= 11 is 1.54. The van der Waals surface area contributed by atoms with Crippen LogP contribution in [0.2, 0.25) is 0 Å². The highest BCUT2D eigenvalue weighted by atomic mass is 32.1. The zero-order valence-electron chi connectivity index (χ0n) is 11.8. The molecule has 0 radical (unpaired) electrons. The van der Waals surface area contributed by atoms with E-state index in [-0.39, 0.29) is 12.1 Å². The van der Waals surface area contributed by atoms with Crippen molar-refractivity contribution in [2.45, 2.75) is 13.5 Å². The second kappa shape index (κ2) is 6.11. The third kappa shape index (κ3) is 3.07. The Kier molecular flexibility index (Phi) is 4.02. The summed E-state index contributed by atoms with van der Waals surface area (Å²) in [7, 11) is 0. The van der Waals surface area contributed by atoms with Gasteiger partial charge in [0, 0.05) is 5.38 Å². The number of halogens is 1. The van der Waals surface area contributed by atoms with Crippen LogP contribution in [0.1, 0.15) is 21.1 Å². The highest BCUT2D eigenvalue weighted by Gasteiger charge is 2.12. The molecule has 0 aliphatic carbocycles. The fraction of sp³-hybridized carbons (Fsp3) is 0.125. The predicted molar refractivity (Wildman–Crippen MR) is 82.1 cm³/mol. The van der Waals surface area contributed by atoms with Gasteiger partial charge in [0.2, 0.25) is 0 Å². The number of nitrogens with one attached hydrogen (secondary N) is 1. The second-order valence-electron chi connectivity index (χ2n) is 4.68. The zero-order chi connectivity index (χ0) is 15.5. The fourth-order valence-corrected chi connectivity index (χ4v) is 2.60. The van der Waals surface area contributed by atoms with Crippen molar-refractivity contribution in [1.82, 2.24) is 10.3 Å². The molecule has 6 heteroatoms. The average Bonchev–Trinajstić information content (AvgIpc) is 3.14. The van der Waals surface area contributed by atoms with Gasteiger partial charge in [-0.1, -0.05) is 12.1 Å². The monoisotopic (exact) mass is 316 g/mol. The van der Waals surface area contributed by atoms with Gasteiger partial charge in [-0.3, -0.25) is 4.79 Å². The minimum Gasteiger partial charge on any atom is -0.458 e. The summed E-state index contributed by atoms with van der Waals surface area (Å²) in [6.07, 6.45) is 0. The van der Waals surface area contributed by atoms with E-state index in [1.54, 1.807) is 35.6 Å². The summed E-state index contributed by atoms with van der Waals surface area (Å²) < 4.78 is 19.1. The van der Waals surface area contributed by atoms with Gasteiger partial charge in [0.05, 0.1) is 17.1 Å². The first-order valence-corrected chi connectivity index (χ1v) is 7.55. The van der Waals surface area contributed by atoms with E-state index in [2.05, 4.69) is 10.3 Å². The molecule has 0 saturated carbocycles. The maximum absolute atomic E-state index is 13.5. The van der Waals surface area contributed by atoms with Crippen LogP contribution in [0, 0.1) is 12.7 Å². The maximum atomic E-state index is 13.5. The van der Waals surface area contributed by atoms with Crippen LogP contribution >= 0.6 is 11.3 Å². The van der Waals surface area contributed by atoms with E-state index in [4.69, 9.17) is 4.42 Å². The molecule has 2 aromatic heterocycles. The van der Waals surface area contributed by atoms with Crippen LogP contribution in [0.15, 0.2) is 46.2 Å². The molecule has 2 heterocycles. The Balaban J connectivity index is 1.66. The molecule has 0 bridgehead atoms. The number of hydrogen-bond acceptors (Lipinski definition) is 4. The number of hydrogen-bond donors (Lipinski definition) is 1. The molecule has 0 aliphatic rings. The standard InChI is InChI=1S/C16H13FN2O2S/c1-10-19-14(9-22-10)15-7-6-11(21-15)8-18-16(20)12-4-2-3-5-13(12)17/h2-7,9H,8H2,1H3,(H,18,20). The summed E-state index contributed by atoms with van der Waals surface area (Å²) in [6, 6.07) is 9.43. The van der Waals surface area contributed by atoms with E-state index in [1.165, 1.54) is 12.1 Å². The first-order valence-electron chi connectivity index (χ1n) is 6.67. The number of rotatable bonds is 4. The molecule has 0 atom stereocenters. The summed E-state index contributed by atoms with van der Waals surface area (Å²) in [5.41, 5.74) is 0.790. The van der Waals surface area contributed by atoms with E-state index >= 15 is 0 Å². The van der Waals surface area contributed by atoms with Gasteiger partial charge in [-0.15, -0.1) is 11.3 Å². The van der Waals surface area contributed by atoms with Crippen LogP contribution in [0.25, 0.3) is 11.5 Å². The van der Waals surface area contributed by atoms with E-state index in [0.717, 1.165) is 10.7 Å². The first-order chi connectivity index (χ1) is 10.6. The Morgan fingerprint density at radius 2 is 2.14 bits per heavy atom. The highest BCUT2D eigenvalue weighted by molar-refractivity contribution is 7.09. The normalized spacial score (nSPS) is 10.6. The lowest BCUT2D eigenvalue weighted by molar-refractivity contribution is 0.0944. The van der Waals surface area contributed by atoms with E-state index < -0.39 is 11.7 Å². The van der Waals surface area contributed by atoms with Crippen molar-refractivity contribution >= 4 is 17.2 Å². The molecule has 0 fully saturated rings. The van der Waals surface area contributed by atoms with Crippen molar-refractivity contribution in [3.8, 4) is 11.5 Å². The van der Waals surface area contributed by atoms with Crippen molar-refractivity contribution in [2.75, 3.05) is 0 Å². The first kappa shape index (κ1) is 14.5. The van der Waals surface area contributed by atoms with Crippen molar-refractivity contribution in [1.29, 1.82) is 0 Å². The SMILES string of the molecule is Cc1nc(-c2ccc(CNC(=O)c3ccccc3F)o2)cs1. The summed E-state index contributed by atoms with van der Waals surface area (Å²) in [6.45, 7) is 2.11. The summed E-state index contributed by atoms with van der Waals surface area (Å²) in [5.74, 6) is 0.225. The maximum Gasteiger partial charge on any atom is 0.254 e. The van der Waals surface area contributed by atoms with Crippen LogP contribution < -0.4 is 5.32 Å². The molecule has 3 aromatic rings. The van der Waals surface area contributed by atoms with E-state index in [9.17, 15) is 9.18 Å². The summed E-state index contributed by atoms with van der Waals surface area (Å²) in [4.78, 5) is 16.3. The van der Waals surface area contributed by atoms with Gasteiger partial charge in [0.25, 0.3) is 5.91 Å². The van der Waals surface area contributed by atoms with Crippen molar-refractivity contribution < 1.29 is 13.6 Å². The van der Waals surface area contributed by atoms with Gasteiger partial charge in [-0.25, -0.2) is 9.37 Å². The number of carbonyl (C=O) groups excluding carboxylic acids is 1. The zero-order valence-corrected chi connectivity index (χ0v) is 12.6. The van der Waals surface area contributed by atoms with E-state index in [0.29, 0.717) is 11.5 Å². The molecule has 112 valence electrons. The van der Waals surface area contributed by atoms with Crippen molar-refractivity contribution in [3.63, 3.8) is 0 Å². The molecule has 0 saturated heterocycles. The molecular formula is C16H13FN2O2S. The number of carbonyl (C=O) groups is 1. The molecule has 0 unspecified atom stereocenters. The lowest BCUT2D eigenvalue weighted by Crippen LogP contribution is -2.23. The second-order valence-corrected chi connectivity index (χ2v) is 5.74. The smallest absolute Gasteiger partial charge is 0.254 e. The Morgan fingerprint density at radius 3 is 2.86 bits per heavy atom. The highest BCUT2D eigenvalue weighted by Crippen LogP contribution is 2.23. The Hall–Kier alpha value is -2.47. The molecular weight excluding hydrogens is 303 g/mol. The number of furan rings is 1. The Labute approximate surface area is 130 Å². The van der Waals surface area contributed by atoms with Crippen LogP contribution in [0.3, 0.4) is 0 Å².